The fraction of sp³-hybridized carbons (Fsp3) is 0.400. The van der Waals surface area contributed by atoms with E-state index in [9.17, 15) is 4.21 Å². The van der Waals surface area contributed by atoms with Gasteiger partial charge in [-0.25, -0.2) is 0 Å². The van der Waals surface area contributed by atoms with Crippen molar-refractivity contribution in [3.05, 3.63) is 65.7 Å². The van der Waals surface area contributed by atoms with E-state index in [4.69, 9.17) is 4.74 Å². The van der Waals surface area contributed by atoms with Crippen molar-refractivity contribution in [1.29, 1.82) is 0 Å². The second-order valence-corrected chi connectivity index (χ2v) is 7.91. The highest BCUT2D eigenvalue weighted by Crippen LogP contribution is 2.17. The number of nitrogens with one attached hydrogen (secondary N) is 1. The topological polar surface area (TPSA) is 38.3 Å². The van der Waals surface area contributed by atoms with E-state index in [0.29, 0.717) is 11.7 Å². The minimum Gasteiger partial charge on any atom is -0.493 e. The van der Waals surface area contributed by atoms with Crippen LogP contribution < -0.4 is 10.1 Å². The molecule has 2 aromatic carbocycles. The van der Waals surface area contributed by atoms with Crippen molar-refractivity contribution in [2.45, 2.75) is 26.4 Å². The van der Waals surface area contributed by atoms with Gasteiger partial charge in [-0.1, -0.05) is 56.3 Å². The van der Waals surface area contributed by atoms with Crippen LogP contribution in [0, 0.1) is 5.92 Å². The molecular weight excluding hydrogens is 318 g/mol. The van der Waals surface area contributed by atoms with Crippen molar-refractivity contribution < 1.29 is 8.95 Å². The zero-order valence-corrected chi connectivity index (χ0v) is 15.5. The molecule has 2 rings (SSSR count). The zero-order valence-electron chi connectivity index (χ0n) is 14.7. The summed E-state index contributed by atoms with van der Waals surface area (Å²) in [6.45, 7) is 5.75. The third-order valence-electron chi connectivity index (χ3n) is 3.66. The van der Waals surface area contributed by atoms with Gasteiger partial charge in [0, 0.05) is 35.4 Å². The van der Waals surface area contributed by atoms with Crippen molar-refractivity contribution in [3.8, 4) is 5.75 Å². The summed E-state index contributed by atoms with van der Waals surface area (Å²) in [6.07, 6.45) is 1.75. The van der Waals surface area contributed by atoms with E-state index in [1.165, 1.54) is 11.1 Å². The van der Waals surface area contributed by atoms with Gasteiger partial charge in [-0.15, -0.1) is 0 Å². The minimum atomic E-state index is -0.847. The number of rotatable bonds is 9. The molecule has 0 radical (unpaired) electrons. The SMILES string of the molecule is CC(C)COc1ccc(CN[C@@H](C[S@@](C)=O)c2ccccc2)cc1. The molecule has 0 amide bonds. The van der Waals surface area contributed by atoms with E-state index in [1.54, 1.807) is 6.26 Å². The highest BCUT2D eigenvalue weighted by Gasteiger charge is 2.12. The molecule has 0 spiro atoms. The molecule has 4 heteroatoms. The van der Waals surface area contributed by atoms with Gasteiger partial charge in [0.1, 0.15) is 5.75 Å². The molecule has 0 aliphatic rings. The van der Waals surface area contributed by atoms with Crippen molar-refractivity contribution in [1.82, 2.24) is 5.32 Å². The number of hydrogen-bond acceptors (Lipinski definition) is 3. The van der Waals surface area contributed by atoms with Crippen LogP contribution in [0.4, 0.5) is 0 Å². The third-order valence-corrected chi connectivity index (χ3v) is 4.47. The van der Waals surface area contributed by atoms with Crippen LogP contribution >= 0.6 is 0 Å². The van der Waals surface area contributed by atoms with Crippen LogP contribution in [-0.4, -0.2) is 22.8 Å². The highest BCUT2D eigenvalue weighted by molar-refractivity contribution is 7.84. The Kier molecular flexibility index (Phi) is 7.47. The van der Waals surface area contributed by atoms with Gasteiger partial charge in [0.05, 0.1) is 6.61 Å². The second kappa shape index (κ2) is 9.60. The van der Waals surface area contributed by atoms with Gasteiger partial charge in [0.15, 0.2) is 0 Å². The van der Waals surface area contributed by atoms with Gasteiger partial charge in [0.25, 0.3) is 0 Å². The van der Waals surface area contributed by atoms with Crippen LogP contribution in [0.3, 0.4) is 0 Å². The molecule has 0 aliphatic heterocycles. The summed E-state index contributed by atoms with van der Waals surface area (Å²) >= 11 is 0. The highest BCUT2D eigenvalue weighted by atomic mass is 32.2. The summed E-state index contributed by atoms with van der Waals surface area (Å²) in [7, 11) is -0.847. The van der Waals surface area contributed by atoms with Gasteiger partial charge >= 0.3 is 0 Å². The summed E-state index contributed by atoms with van der Waals surface area (Å²) in [4.78, 5) is 0. The molecule has 1 N–H and O–H groups in total. The minimum absolute atomic E-state index is 0.0916. The first-order valence-corrected chi connectivity index (χ1v) is 10.1. The molecule has 130 valence electrons. The predicted octanol–water partition coefficient (Wildman–Crippen LogP) is 3.93. The monoisotopic (exact) mass is 345 g/mol. The fourth-order valence-corrected chi connectivity index (χ4v) is 3.18. The lowest BCUT2D eigenvalue weighted by molar-refractivity contribution is 0.271. The third kappa shape index (κ3) is 6.46. The maximum atomic E-state index is 11.7. The van der Waals surface area contributed by atoms with E-state index in [2.05, 4.69) is 43.4 Å². The Morgan fingerprint density at radius 2 is 1.71 bits per heavy atom. The Hall–Kier alpha value is -1.65. The quantitative estimate of drug-likeness (QED) is 0.748. The first-order chi connectivity index (χ1) is 11.5. The van der Waals surface area contributed by atoms with E-state index in [-0.39, 0.29) is 6.04 Å². The molecular formula is C20H27NO2S. The number of ether oxygens (including phenoxy) is 1. The Bertz CT molecular complexity index is 626. The van der Waals surface area contributed by atoms with Crippen molar-refractivity contribution >= 4 is 10.8 Å². The lowest BCUT2D eigenvalue weighted by Crippen LogP contribution is -2.25. The average Bonchev–Trinajstić information content (AvgIpc) is 2.58. The molecule has 0 bridgehead atoms. The van der Waals surface area contributed by atoms with E-state index in [0.717, 1.165) is 18.9 Å². The van der Waals surface area contributed by atoms with E-state index < -0.39 is 10.8 Å². The van der Waals surface area contributed by atoms with Crippen molar-refractivity contribution in [3.63, 3.8) is 0 Å². The fourth-order valence-electron chi connectivity index (χ4n) is 2.40. The molecule has 0 heterocycles. The van der Waals surface area contributed by atoms with Crippen LogP contribution in [0.15, 0.2) is 54.6 Å². The molecule has 0 saturated heterocycles. The van der Waals surface area contributed by atoms with Crippen molar-refractivity contribution in [2.24, 2.45) is 5.92 Å². The largest absolute Gasteiger partial charge is 0.493 e. The zero-order chi connectivity index (χ0) is 17.4. The van der Waals surface area contributed by atoms with Gasteiger partial charge < -0.3 is 10.1 Å². The van der Waals surface area contributed by atoms with E-state index in [1.807, 2.05) is 30.3 Å². The van der Waals surface area contributed by atoms with Crippen LogP contribution in [0.5, 0.6) is 5.75 Å². The van der Waals surface area contributed by atoms with Crippen LogP contribution in [0.1, 0.15) is 31.0 Å². The summed E-state index contributed by atoms with van der Waals surface area (Å²) in [5, 5.41) is 3.52. The van der Waals surface area contributed by atoms with Crippen LogP contribution in [-0.2, 0) is 17.3 Å². The van der Waals surface area contributed by atoms with Crippen LogP contribution in [0.25, 0.3) is 0 Å². The number of hydrogen-bond donors (Lipinski definition) is 1. The van der Waals surface area contributed by atoms with Crippen LogP contribution in [0.2, 0.25) is 0 Å². The first kappa shape index (κ1) is 18.7. The van der Waals surface area contributed by atoms with Crippen molar-refractivity contribution in [2.75, 3.05) is 18.6 Å². The van der Waals surface area contributed by atoms with Gasteiger partial charge in [-0.3, -0.25) is 4.21 Å². The molecule has 2 aromatic rings. The molecule has 24 heavy (non-hydrogen) atoms. The molecule has 0 saturated carbocycles. The Labute approximate surface area is 147 Å². The van der Waals surface area contributed by atoms with E-state index >= 15 is 0 Å². The molecule has 0 aromatic heterocycles. The number of benzene rings is 2. The Morgan fingerprint density at radius 3 is 2.29 bits per heavy atom. The Morgan fingerprint density at radius 1 is 1.04 bits per heavy atom. The first-order valence-electron chi connectivity index (χ1n) is 8.34. The lowest BCUT2D eigenvalue weighted by Gasteiger charge is -2.18. The maximum Gasteiger partial charge on any atom is 0.119 e. The summed E-state index contributed by atoms with van der Waals surface area (Å²) < 4.78 is 17.4. The summed E-state index contributed by atoms with van der Waals surface area (Å²) in [6, 6.07) is 18.5. The van der Waals surface area contributed by atoms with Gasteiger partial charge in [0.2, 0.25) is 0 Å². The second-order valence-electron chi connectivity index (χ2n) is 6.43. The summed E-state index contributed by atoms with van der Waals surface area (Å²) in [5.74, 6) is 2.04. The maximum absolute atomic E-state index is 11.7. The molecule has 2 atom stereocenters. The average molecular weight is 346 g/mol. The normalized spacial score (nSPS) is 13.7. The molecule has 3 nitrogen and oxygen atoms in total. The smallest absolute Gasteiger partial charge is 0.119 e. The summed E-state index contributed by atoms with van der Waals surface area (Å²) in [5.41, 5.74) is 2.36. The molecule has 0 fully saturated rings. The van der Waals surface area contributed by atoms with Gasteiger partial charge in [-0.2, -0.15) is 0 Å². The molecule has 0 unspecified atom stereocenters. The van der Waals surface area contributed by atoms with Gasteiger partial charge in [-0.05, 0) is 29.2 Å². The molecule has 0 aliphatic carbocycles. The predicted molar refractivity (Wildman–Crippen MR) is 102 cm³/mol. The lowest BCUT2D eigenvalue weighted by atomic mass is 10.1. The standard InChI is InChI=1S/C20H27NO2S/c1-16(2)14-23-19-11-9-17(10-12-19)13-21-20(15-24(3)22)18-7-5-4-6-8-18/h4-12,16,20-21H,13-15H2,1-3H3/t20-,24+/m0/s1. The Balaban J connectivity index is 1.95.